The highest BCUT2D eigenvalue weighted by Crippen LogP contribution is 2.61. The van der Waals surface area contributed by atoms with Crippen molar-refractivity contribution in [2.24, 2.45) is 5.92 Å². The van der Waals surface area contributed by atoms with E-state index in [1.165, 1.54) is 5.56 Å². The van der Waals surface area contributed by atoms with Crippen LogP contribution in [0.2, 0.25) is 0 Å². The Kier molecular flexibility index (Phi) is 3.93. The summed E-state index contributed by atoms with van der Waals surface area (Å²) in [6.07, 6.45) is 7.89. The summed E-state index contributed by atoms with van der Waals surface area (Å²) in [7, 11) is 2.14. The smallest absolute Gasteiger partial charge is 0.165 e. The van der Waals surface area contributed by atoms with Gasteiger partial charge in [0, 0.05) is 29.5 Å². The molecule has 5 atom stereocenters. The third-order valence-corrected chi connectivity index (χ3v) is 6.35. The normalized spacial score (nSPS) is 34.7. The molecule has 3 aliphatic rings. The van der Waals surface area contributed by atoms with Crippen molar-refractivity contribution in [1.82, 2.24) is 4.90 Å². The average Bonchev–Trinajstić information content (AvgIpc) is 2.94. The van der Waals surface area contributed by atoms with Gasteiger partial charge in [-0.25, -0.2) is 0 Å². The van der Waals surface area contributed by atoms with Crippen LogP contribution in [0.1, 0.15) is 30.9 Å². The highest BCUT2D eigenvalue weighted by Gasteiger charge is 2.62. The van der Waals surface area contributed by atoms with Crippen LogP contribution in [0, 0.1) is 5.92 Å². The van der Waals surface area contributed by atoms with Gasteiger partial charge in [-0.05, 0) is 31.5 Å². The van der Waals surface area contributed by atoms with Crippen molar-refractivity contribution in [2.45, 2.75) is 49.9 Å². The molecule has 0 amide bonds. The molecule has 2 N–H and O–H groups in total. The number of aliphatic hydroxyl groups excluding tert-OH is 1. The minimum absolute atomic E-state index is 0.187. The van der Waals surface area contributed by atoms with Gasteiger partial charge >= 0.3 is 0 Å². The first-order valence-electron chi connectivity index (χ1n) is 9.24. The molecule has 0 radical (unpaired) electrons. The van der Waals surface area contributed by atoms with Crippen LogP contribution < -0.4 is 4.74 Å². The number of likely N-dealkylation sites (N-methyl/N-ethyl adjacent to an activating group) is 1. The highest BCUT2D eigenvalue weighted by molar-refractivity contribution is 5.61. The lowest BCUT2D eigenvalue weighted by Gasteiger charge is -2.52. The molecule has 1 aromatic rings. The summed E-state index contributed by atoms with van der Waals surface area (Å²) in [5.74, 6) is 1.03. The van der Waals surface area contributed by atoms with Crippen LogP contribution in [-0.4, -0.2) is 47.0 Å². The zero-order valence-corrected chi connectivity index (χ0v) is 15.0. The van der Waals surface area contributed by atoms with Crippen molar-refractivity contribution < 1.29 is 14.9 Å². The molecule has 4 nitrogen and oxygen atoms in total. The lowest BCUT2D eigenvalue weighted by Crippen LogP contribution is -2.60. The van der Waals surface area contributed by atoms with Crippen molar-refractivity contribution in [3.63, 3.8) is 0 Å². The summed E-state index contributed by atoms with van der Waals surface area (Å²) in [4.78, 5) is 2.35. The Labute approximate surface area is 149 Å². The predicted octanol–water partition coefficient (Wildman–Crippen LogP) is 2.78. The standard InChI is InChI=1S/C21H27NO3/c1-4-10-21-14-7-9-17(24)20(21)25-19-16(23)8-6-13(18(19)21)12-15(14)22(3)11-5-2/h5-9,14-15,17,20,23-24H,2,4,10-12H2,1,3H3/t14?,15?,17-,20?,21-/m1/s1. The molecule has 0 aromatic heterocycles. The monoisotopic (exact) mass is 341 g/mol. The van der Waals surface area contributed by atoms with Crippen LogP contribution in [0.15, 0.2) is 36.9 Å². The van der Waals surface area contributed by atoms with Crippen molar-refractivity contribution in [2.75, 3.05) is 13.6 Å². The van der Waals surface area contributed by atoms with Gasteiger partial charge in [0.25, 0.3) is 0 Å². The third-order valence-electron chi connectivity index (χ3n) is 6.35. The van der Waals surface area contributed by atoms with E-state index < -0.39 is 6.10 Å². The minimum Gasteiger partial charge on any atom is -0.504 e. The van der Waals surface area contributed by atoms with Crippen molar-refractivity contribution >= 4 is 0 Å². The van der Waals surface area contributed by atoms with Crippen LogP contribution in [0.25, 0.3) is 0 Å². The van der Waals surface area contributed by atoms with Gasteiger partial charge in [0.05, 0.1) is 0 Å². The summed E-state index contributed by atoms with van der Waals surface area (Å²) in [5.41, 5.74) is 2.10. The number of rotatable bonds is 5. The van der Waals surface area contributed by atoms with Crippen molar-refractivity contribution in [3.05, 3.63) is 48.1 Å². The first-order valence-corrected chi connectivity index (χ1v) is 9.24. The Balaban J connectivity index is 1.94. The number of phenolic OH excluding ortho intramolecular Hbond substituents is 1. The number of nitrogens with zero attached hydrogens (tertiary/aromatic N) is 1. The molecular formula is C21H27NO3. The largest absolute Gasteiger partial charge is 0.504 e. The van der Waals surface area contributed by atoms with E-state index >= 15 is 0 Å². The summed E-state index contributed by atoms with van der Waals surface area (Å²) in [5, 5.41) is 21.1. The molecule has 3 unspecified atom stereocenters. The zero-order valence-electron chi connectivity index (χ0n) is 15.0. The van der Waals surface area contributed by atoms with Crippen LogP contribution in [0.4, 0.5) is 0 Å². The number of benzene rings is 1. The molecular weight excluding hydrogens is 314 g/mol. The number of aliphatic hydroxyl groups is 1. The van der Waals surface area contributed by atoms with Crippen LogP contribution in [0.5, 0.6) is 11.5 Å². The second-order valence-corrected chi connectivity index (χ2v) is 7.68. The van der Waals surface area contributed by atoms with Gasteiger partial charge in [0.15, 0.2) is 11.5 Å². The van der Waals surface area contributed by atoms with E-state index in [2.05, 4.69) is 31.5 Å². The molecule has 0 fully saturated rings. The minimum atomic E-state index is -0.647. The molecule has 4 rings (SSSR count). The van der Waals surface area contributed by atoms with E-state index in [1.807, 2.05) is 18.2 Å². The molecule has 1 heterocycles. The Bertz CT molecular complexity index is 728. The van der Waals surface area contributed by atoms with Gasteiger partial charge < -0.3 is 14.9 Å². The van der Waals surface area contributed by atoms with Gasteiger partial charge in [0.2, 0.25) is 0 Å². The van der Waals surface area contributed by atoms with E-state index in [9.17, 15) is 10.2 Å². The summed E-state index contributed by atoms with van der Waals surface area (Å²) in [6.45, 7) is 6.89. The fourth-order valence-corrected chi connectivity index (χ4v) is 5.46. The molecule has 0 bridgehead atoms. The molecule has 0 saturated carbocycles. The fourth-order valence-electron chi connectivity index (χ4n) is 5.46. The molecule has 0 saturated heterocycles. The van der Waals surface area contributed by atoms with E-state index in [0.29, 0.717) is 11.8 Å². The molecule has 4 heteroatoms. The molecule has 1 aliphatic heterocycles. The van der Waals surface area contributed by atoms with Gasteiger partial charge in [-0.3, -0.25) is 4.90 Å². The van der Waals surface area contributed by atoms with E-state index in [-0.39, 0.29) is 23.2 Å². The van der Waals surface area contributed by atoms with E-state index in [4.69, 9.17) is 4.74 Å². The zero-order chi connectivity index (χ0) is 17.8. The quantitative estimate of drug-likeness (QED) is 0.809. The SMILES string of the molecule is C=CCN(C)C1Cc2ccc(O)c3c2[C@@]2(CCC)C1C=C[C@@H](O)C2O3. The van der Waals surface area contributed by atoms with Crippen molar-refractivity contribution in [1.29, 1.82) is 0 Å². The molecule has 25 heavy (non-hydrogen) atoms. The van der Waals surface area contributed by atoms with Crippen LogP contribution >= 0.6 is 0 Å². The Morgan fingerprint density at radius 2 is 2.20 bits per heavy atom. The molecule has 1 aromatic carbocycles. The topological polar surface area (TPSA) is 52.9 Å². The maximum Gasteiger partial charge on any atom is 0.165 e. The predicted molar refractivity (Wildman–Crippen MR) is 98.1 cm³/mol. The number of ether oxygens (including phenoxy) is 1. The summed E-state index contributed by atoms with van der Waals surface area (Å²) >= 11 is 0. The van der Waals surface area contributed by atoms with E-state index in [0.717, 1.165) is 31.4 Å². The van der Waals surface area contributed by atoms with Gasteiger partial charge in [-0.15, -0.1) is 6.58 Å². The summed E-state index contributed by atoms with van der Waals surface area (Å²) < 4.78 is 6.20. The van der Waals surface area contributed by atoms with Gasteiger partial charge in [-0.1, -0.05) is 37.6 Å². The first kappa shape index (κ1) is 16.7. The first-order chi connectivity index (χ1) is 12.0. The lowest BCUT2D eigenvalue weighted by atomic mass is 9.54. The van der Waals surface area contributed by atoms with Gasteiger partial charge in [-0.2, -0.15) is 0 Å². The Hall–Kier alpha value is -1.78. The summed E-state index contributed by atoms with van der Waals surface area (Å²) in [6, 6.07) is 4.09. The van der Waals surface area contributed by atoms with Crippen LogP contribution in [-0.2, 0) is 11.8 Å². The maximum absolute atomic E-state index is 10.7. The number of aromatic hydroxyl groups is 1. The molecule has 2 aliphatic carbocycles. The number of hydrogen-bond donors (Lipinski definition) is 2. The number of hydrogen-bond acceptors (Lipinski definition) is 4. The van der Waals surface area contributed by atoms with Crippen LogP contribution in [0.3, 0.4) is 0 Å². The fraction of sp³-hybridized carbons (Fsp3) is 0.524. The Morgan fingerprint density at radius 3 is 2.92 bits per heavy atom. The molecule has 0 spiro atoms. The number of phenols is 1. The highest BCUT2D eigenvalue weighted by atomic mass is 16.5. The second kappa shape index (κ2) is 5.89. The second-order valence-electron chi connectivity index (χ2n) is 7.68. The third kappa shape index (κ3) is 2.14. The maximum atomic E-state index is 10.7. The average molecular weight is 341 g/mol. The molecule has 134 valence electrons. The Morgan fingerprint density at radius 1 is 1.40 bits per heavy atom. The van der Waals surface area contributed by atoms with Crippen molar-refractivity contribution in [3.8, 4) is 11.5 Å². The van der Waals surface area contributed by atoms with E-state index in [1.54, 1.807) is 6.07 Å². The lowest BCUT2D eigenvalue weighted by molar-refractivity contribution is -0.0185. The van der Waals surface area contributed by atoms with Gasteiger partial charge in [0.1, 0.15) is 12.2 Å².